The molecule has 0 amide bonds. The first-order valence-corrected chi connectivity index (χ1v) is 14.6. The van der Waals surface area contributed by atoms with Crippen molar-refractivity contribution in [3.8, 4) is 0 Å². The van der Waals surface area contributed by atoms with E-state index in [4.69, 9.17) is 4.74 Å². The number of methoxy groups -OCH3 is 1. The molecule has 36 heavy (non-hydrogen) atoms. The molecule has 0 spiro atoms. The largest absolute Gasteiger partial charge is 0.468 e. The molecule has 6 heteroatoms. The Hall–Kier alpha value is -1.40. The molecule has 2 aliphatic rings. The molecule has 0 saturated heterocycles. The third-order valence-electron chi connectivity index (χ3n) is 8.11. The number of esters is 1. The minimum absolute atomic E-state index is 0.0207. The highest BCUT2D eigenvalue weighted by atomic mass is 32.2. The Kier molecular flexibility index (Phi) is 11.0. The number of carbonyl (C=O) groups excluding carboxylic acids is 3. The lowest BCUT2D eigenvalue weighted by atomic mass is 9.64. The fourth-order valence-electron chi connectivity index (χ4n) is 6.42. The Morgan fingerprint density at radius 2 is 1.39 bits per heavy atom. The molecule has 0 heterocycles. The van der Waals surface area contributed by atoms with Crippen LogP contribution in [-0.2, 0) is 19.1 Å². The number of thioether (sulfide) groups is 1. The first-order chi connectivity index (χ1) is 16.7. The molecule has 1 N–H and O–H groups in total. The predicted octanol–water partition coefficient (Wildman–Crippen LogP) is 6.02. The van der Waals surface area contributed by atoms with Crippen LogP contribution in [0.1, 0.15) is 81.1 Å². The van der Waals surface area contributed by atoms with Gasteiger partial charge in [0.1, 0.15) is 17.6 Å². The lowest BCUT2D eigenvalue weighted by Gasteiger charge is -2.39. The minimum atomic E-state index is -0.523. The smallest absolute Gasteiger partial charge is 0.323 e. The average molecular weight is 520 g/mol. The van der Waals surface area contributed by atoms with Crippen molar-refractivity contribution in [2.24, 2.45) is 34.5 Å². The van der Waals surface area contributed by atoms with E-state index in [9.17, 15) is 14.4 Å². The second-order valence-corrected chi connectivity index (χ2v) is 14.0. The monoisotopic (exact) mass is 519 g/mol. The van der Waals surface area contributed by atoms with Crippen LogP contribution in [0, 0.1) is 34.5 Å². The summed E-state index contributed by atoms with van der Waals surface area (Å²) in [6.45, 7) is 16.9. The highest BCUT2D eigenvalue weighted by Crippen LogP contribution is 2.43. The first-order valence-electron chi connectivity index (χ1n) is 13.5. The topological polar surface area (TPSA) is 72.5 Å². The van der Waals surface area contributed by atoms with Gasteiger partial charge in [-0.15, -0.1) is 0 Å². The Bertz CT molecular complexity index is 846. The molecule has 204 valence electrons. The number of nitrogens with one attached hydrogen (secondary N) is 1. The van der Waals surface area contributed by atoms with Gasteiger partial charge >= 0.3 is 5.97 Å². The normalized spacial score (nSPS) is 29.2. The maximum atomic E-state index is 13.2. The zero-order valence-electron chi connectivity index (χ0n) is 23.9. The quantitative estimate of drug-likeness (QED) is 0.251. The molecule has 0 bridgehead atoms. The molecule has 0 saturated carbocycles. The number of Topliss-reactive ketones (excluding diaryl/α,β-unsaturated/α-hetero) is 2. The van der Waals surface area contributed by atoms with Crippen molar-refractivity contribution in [2.45, 2.75) is 98.4 Å². The number of ketones is 2. The molecular formula is C30H49NO4S. The summed E-state index contributed by atoms with van der Waals surface area (Å²) in [6.07, 6.45) is 11.4. The summed E-state index contributed by atoms with van der Waals surface area (Å²) in [5, 5.41) is 3.43. The zero-order chi connectivity index (χ0) is 27.3. The molecule has 2 rings (SSSR count). The maximum Gasteiger partial charge on any atom is 0.323 e. The molecule has 7 unspecified atom stereocenters. The van der Waals surface area contributed by atoms with Gasteiger partial charge in [-0.1, -0.05) is 72.8 Å². The van der Waals surface area contributed by atoms with Gasteiger partial charge in [-0.05, 0) is 42.4 Å². The lowest BCUT2D eigenvalue weighted by molar-refractivity contribution is -0.143. The Morgan fingerprint density at radius 3 is 1.83 bits per heavy atom. The van der Waals surface area contributed by atoms with Crippen LogP contribution in [0.3, 0.4) is 0 Å². The summed E-state index contributed by atoms with van der Waals surface area (Å²) in [5.41, 5.74) is -0.0986. The van der Waals surface area contributed by atoms with Gasteiger partial charge in [-0.25, -0.2) is 0 Å². The van der Waals surface area contributed by atoms with E-state index in [2.05, 4.69) is 78.1 Å². The maximum absolute atomic E-state index is 13.2. The second-order valence-electron chi connectivity index (χ2n) is 12.5. The van der Waals surface area contributed by atoms with E-state index in [1.807, 2.05) is 6.92 Å². The van der Waals surface area contributed by atoms with E-state index in [1.165, 1.54) is 7.11 Å². The summed E-state index contributed by atoms with van der Waals surface area (Å²) < 4.78 is 5.05. The van der Waals surface area contributed by atoms with Gasteiger partial charge < -0.3 is 10.1 Å². The van der Waals surface area contributed by atoms with Crippen molar-refractivity contribution in [3.63, 3.8) is 0 Å². The Balaban J connectivity index is 1.94. The molecular weight excluding hydrogens is 470 g/mol. The van der Waals surface area contributed by atoms with Crippen LogP contribution in [0.2, 0.25) is 0 Å². The number of ether oxygens (including phenoxy) is 1. The van der Waals surface area contributed by atoms with Gasteiger partial charge in [-0.2, -0.15) is 11.8 Å². The van der Waals surface area contributed by atoms with Crippen LogP contribution < -0.4 is 5.32 Å². The molecule has 0 fully saturated rings. The minimum Gasteiger partial charge on any atom is -0.468 e. The summed E-state index contributed by atoms with van der Waals surface area (Å²) in [7, 11) is 1.39. The SMILES string of the molecule is COC(=O)C(CSC(C)CC(=O)C1C(C)C=CCC1(C)C)NC(C)CC(=O)C1C(C)C=CCC1(C)C. The van der Waals surface area contributed by atoms with Crippen LogP contribution in [0.15, 0.2) is 24.3 Å². The van der Waals surface area contributed by atoms with Crippen molar-refractivity contribution in [1.82, 2.24) is 5.32 Å². The van der Waals surface area contributed by atoms with E-state index in [0.717, 1.165) is 12.8 Å². The number of hydrogen-bond acceptors (Lipinski definition) is 6. The number of hydrogen-bond donors (Lipinski definition) is 1. The summed E-state index contributed by atoms with van der Waals surface area (Å²) in [4.78, 5) is 39.0. The van der Waals surface area contributed by atoms with E-state index in [0.29, 0.717) is 24.4 Å². The van der Waals surface area contributed by atoms with Crippen LogP contribution >= 0.6 is 11.8 Å². The highest BCUT2D eigenvalue weighted by molar-refractivity contribution is 7.99. The Morgan fingerprint density at radius 1 is 0.917 bits per heavy atom. The number of allylic oxidation sites excluding steroid dienone is 4. The first kappa shape index (κ1) is 30.8. The third-order valence-corrected chi connectivity index (χ3v) is 9.37. The van der Waals surface area contributed by atoms with Gasteiger partial charge in [0.25, 0.3) is 0 Å². The lowest BCUT2D eigenvalue weighted by Crippen LogP contribution is -2.47. The van der Waals surface area contributed by atoms with E-state index in [1.54, 1.807) is 11.8 Å². The zero-order valence-corrected chi connectivity index (χ0v) is 24.7. The molecule has 0 aliphatic heterocycles. The molecule has 0 aromatic heterocycles. The average Bonchev–Trinajstić information content (AvgIpc) is 2.74. The van der Waals surface area contributed by atoms with Crippen molar-refractivity contribution >= 4 is 29.3 Å². The Labute approximate surface area is 223 Å². The van der Waals surface area contributed by atoms with Crippen molar-refractivity contribution in [1.29, 1.82) is 0 Å². The standard InChI is InChI=1S/C30H49NO4S/c1-19-12-10-14-29(5,6)26(19)24(32)16-21(3)31-23(28(34)35-9)18-36-22(4)17-25(33)27-20(2)13-11-15-30(27,7)8/h10-13,19-23,26-27,31H,14-18H2,1-9H3. The number of rotatable bonds is 12. The second kappa shape index (κ2) is 12.9. The highest BCUT2D eigenvalue weighted by Gasteiger charge is 2.41. The fourth-order valence-corrected chi connectivity index (χ4v) is 7.45. The van der Waals surface area contributed by atoms with Crippen LogP contribution in [0.4, 0.5) is 0 Å². The predicted molar refractivity (Wildman–Crippen MR) is 150 cm³/mol. The van der Waals surface area contributed by atoms with Gasteiger partial charge in [0.15, 0.2) is 0 Å². The summed E-state index contributed by atoms with van der Waals surface area (Å²) in [5.74, 6) is 1.16. The molecule has 0 aromatic carbocycles. The van der Waals surface area contributed by atoms with Crippen LogP contribution in [0.25, 0.3) is 0 Å². The van der Waals surface area contributed by atoms with Gasteiger partial charge in [0.2, 0.25) is 0 Å². The van der Waals surface area contributed by atoms with E-state index < -0.39 is 6.04 Å². The summed E-state index contributed by atoms with van der Waals surface area (Å²) in [6, 6.07) is -0.672. The number of carbonyl (C=O) groups is 3. The molecule has 7 atom stereocenters. The molecule has 2 aliphatic carbocycles. The molecule has 0 aromatic rings. The molecule has 5 nitrogen and oxygen atoms in total. The van der Waals surface area contributed by atoms with Crippen LogP contribution in [0.5, 0.6) is 0 Å². The van der Waals surface area contributed by atoms with Crippen molar-refractivity contribution in [2.75, 3.05) is 12.9 Å². The molecule has 0 radical (unpaired) electrons. The van der Waals surface area contributed by atoms with Gasteiger partial charge in [0, 0.05) is 41.7 Å². The van der Waals surface area contributed by atoms with Crippen molar-refractivity contribution < 1.29 is 19.1 Å². The van der Waals surface area contributed by atoms with Gasteiger partial charge in [-0.3, -0.25) is 14.4 Å². The third kappa shape index (κ3) is 8.05. The van der Waals surface area contributed by atoms with Gasteiger partial charge in [0.05, 0.1) is 7.11 Å². The van der Waals surface area contributed by atoms with Crippen molar-refractivity contribution in [3.05, 3.63) is 24.3 Å². The fraction of sp³-hybridized carbons (Fsp3) is 0.767. The van der Waals surface area contributed by atoms with E-state index >= 15 is 0 Å². The van der Waals surface area contributed by atoms with E-state index in [-0.39, 0.29) is 57.5 Å². The summed E-state index contributed by atoms with van der Waals surface area (Å²) >= 11 is 1.61. The van der Waals surface area contributed by atoms with Crippen LogP contribution in [-0.4, -0.2) is 47.7 Å².